The lowest BCUT2D eigenvalue weighted by molar-refractivity contribution is -0.129. The molecule has 27 heavy (non-hydrogen) atoms. The average molecular weight is 393 g/mol. The number of benzene rings is 1. The SMILES string of the molecule is O=C(CCCC=CCC1C2CCC(C2)C1NS(=O)(=O)c1ccccc1)NO. The number of unbranched alkanes of at least 4 members (excludes halogenated alkanes) is 1. The van der Waals surface area contributed by atoms with Crippen LogP contribution in [0.4, 0.5) is 0 Å². The van der Waals surface area contributed by atoms with Crippen molar-refractivity contribution in [3.63, 3.8) is 0 Å². The maximum atomic E-state index is 12.7. The highest BCUT2D eigenvalue weighted by Gasteiger charge is 2.48. The van der Waals surface area contributed by atoms with E-state index in [-0.39, 0.29) is 11.9 Å². The van der Waals surface area contributed by atoms with Gasteiger partial charge in [-0.25, -0.2) is 18.6 Å². The van der Waals surface area contributed by atoms with Gasteiger partial charge in [0, 0.05) is 12.5 Å². The molecular formula is C20H28N2O4S. The van der Waals surface area contributed by atoms with Crippen molar-refractivity contribution >= 4 is 15.9 Å². The molecule has 3 rings (SSSR count). The zero-order chi connectivity index (χ0) is 19.3. The number of hydrogen-bond donors (Lipinski definition) is 3. The molecule has 2 bridgehead atoms. The van der Waals surface area contributed by atoms with Crippen LogP contribution in [0.3, 0.4) is 0 Å². The molecule has 6 nitrogen and oxygen atoms in total. The summed E-state index contributed by atoms with van der Waals surface area (Å²) >= 11 is 0. The molecule has 7 heteroatoms. The molecule has 1 aromatic carbocycles. The Kier molecular flexibility index (Phi) is 6.68. The van der Waals surface area contributed by atoms with Crippen molar-refractivity contribution < 1.29 is 18.4 Å². The number of fused-ring (bicyclic) bond motifs is 2. The van der Waals surface area contributed by atoms with Crippen LogP contribution < -0.4 is 10.2 Å². The molecule has 1 amide bonds. The minimum Gasteiger partial charge on any atom is -0.289 e. The summed E-state index contributed by atoms with van der Waals surface area (Å²) < 4.78 is 28.4. The Morgan fingerprint density at radius 2 is 1.89 bits per heavy atom. The lowest BCUT2D eigenvalue weighted by Crippen LogP contribution is -2.43. The summed E-state index contributed by atoms with van der Waals surface area (Å²) in [4.78, 5) is 11.3. The van der Waals surface area contributed by atoms with E-state index in [4.69, 9.17) is 5.21 Å². The Morgan fingerprint density at radius 1 is 1.15 bits per heavy atom. The molecule has 1 aromatic rings. The maximum absolute atomic E-state index is 12.7. The predicted octanol–water partition coefficient (Wildman–Crippen LogP) is 3.00. The van der Waals surface area contributed by atoms with Gasteiger partial charge in [-0.05, 0) is 68.4 Å². The number of allylic oxidation sites excluding steroid dienone is 2. The molecule has 0 radical (unpaired) electrons. The number of sulfonamides is 1. The normalized spacial score (nSPS) is 27.3. The monoisotopic (exact) mass is 392 g/mol. The van der Waals surface area contributed by atoms with Crippen molar-refractivity contribution in [3.8, 4) is 0 Å². The molecule has 2 aliphatic rings. The quantitative estimate of drug-likeness (QED) is 0.261. The first-order valence-electron chi connectivity index (χ1n) is 9.66. The molecular weight excluding hydrogens is 364 g/mol. The fourth-order valence-electron chi connectivity index (χ4n) is 4.59. The van der Waals surface area contributed by atoms with Crippen LogP contribution in [0.5, 0.6) is 0 Å². The average Bonchev–Trinajstić information content (AvgIpc) is 3.27. The van der Waals surface area contributed by atoms with Gasteiger partial charge in [-0.2, -0.15) is 0 Å². The van der Waals surface area contributed by atoms with Crippen LogP contribution in [0.2, 0.25) is 0 Å². The Morgan fingerprint density at radius 3 is 2.63 bits per heavy atom. The first-order chi connectivity index (χ1) is 13.0. The fraction of sp³-hybridized carbons (Fsp3) is 0.550. The zero-order valence-corrected chi connectivity index (χ0v) is 16.2. The first kappa shape index (κ1) is 20.0. The van der Waals surface area contributed by atoms with Crippen molar-refractivity contribution in [2.24, 2.45) is 17.8 Å². The third-order valence-electron chi connectivity index (χ3n) is 5.91. The van der Waals surface area contributed by atoms with Crippen LogP contribution in [0.1, 0.15) is 44.9 Å². The van der Waals surface area contributed by atoms with Crippen molar-refractivity contribution in [3.05, 3.63) is 42.5 Å². The van der Waals surface area contributed by atoms with Gasteiger partial charge in [0.1, 0.15) is 0 Å². The van der Waals surface area contributed by atoms with E-state index in [9.17, 15) is 13.2 Å². The summed E-state index contributed by atoms with van der Waals surface area (Å²) in [5, 5.41) is 8.47. The lowest BCUT2D eigenvalue weighted by atomic mass is 9.83. The van der Waals surface area contributed by atoms with Crippen LogP contribution in [0.15, 0.2) is 47.4 Å². The third kappa shape index (κ3) is 4.97. The molecule has 148 valence electrons. The minimum absolute atomic E-state index is 0.00114. The number of carbonyl (C=O) groups is 1. The minimum atomic E-state index is -3.49. The van der Waals surface area contributed by atoms with E-state index in [1.165, 1.54) is 6.42 Å². The van der Waals surface area contributed by atoms with Gasteiger partial charge in [0.05, 0.1) is 4.90 Å². The smallest absolute Gasteiger partial charge is 0.243 e. The van der Waals surface area contributed by atoms with Gasteiger partial charge in [-0.1, -0.05) is 30.4 Å². The first-order valence-corrected chi connectivity index (χ1v) is 11.1. The van der Waals surface area contributed by atoms with Crippen molar-refractivity contribution in [1.29, 1.82) is 0 Å². The molecule has 2 saturated carbocycles. The third-order valence-corrected chi connectivity index (χ3v) is 7.38. The van der Waals surface area contributed by atoms with E-state index in [1.807, 2.05) is 6.07 Å². The van der Waals surface area contributed by atoms with Crippen LogP contribution >= 0.6 is 0 Å². The highest BCUT2D eigenvalue weighted by Crippen LogP contribution is 2.50. The lowest BCUT2D eigenvalue weighted by Gasteiger charge is -2.31. The number of amides is 1. The standard InChI is InChI=1S/C20H28N2O4S/c23-19(21-24)11-7-2-1-6-10-18-15-12-13-16(14-15)20(18)22-27(25,26)17-8-4-3-5-9-17/h1,3-6,8-9,15-16,18,20,22,24H,2,7,10-14H2,(H,21,23). The Bertz CT molecular complexity index is 763. The second-order valence-electron chi connectivity index (χ2n) is 7.59. The molecule has 0 heterocycles. The van der Waals surface area contributed by atoms with Gasteiger partial charge in [0.2, 0.25) is 15.9 Å². The van der Waals surface area contributed by atoms with Crippen LogP contribution in [0, 0.1) is 17.8 Å². The highest BCUT2D eigenvalue weighted by molar-refractivity contribution is 7.89. The maximum Gasteiger partial charge on any atom is 0.243 e. The highest BCUT2D eigenvalue weighted by atomic mass is 32.2. The van der Waals surface area contributed by atoms with E-state index < -0.39 is 10.0 Å². The summed E-state index contributed by atoms with van der Waals surface area (Å²) in [6.45, 7) is 0. The van der Waals surface area contributed by atoms with Crippen molar-refractivity contribution in [2.75, 3.05) is 0 Å². The van der Waals surface area contributed by atoms with Crippen LogP contribution in [-0.2, 0) is 14.8 Å². The molecule has 2 aliphatic carbocycles. The van der Waals surface area contributed by atoms with Gasteiger partial charge in [0.15, 0.2) is 0 Å². The summed E-state index contributed by atoms with van der Waals surface area (Å²) in [5.74, 6) is 0.981. The van der Waals surface area contributed by atoms with E-state index in [0.29, 0.717) is 35.5 Å². The van der Waals surface area contributed by atoms with Crippen molar-refractivity contribution in [2.45, 2.75) is 55.9 Å². The molecule has 4 unspecified atom stereocenters. The number of hydroxylamine groups is 1. The number of nitrogens with one attached hydrogen (secondary N) is 2. The second-order valence-corrected chi connectivity index (χ2v) is 9.31. The van der Waals surface area contributed by atoms with Gasteiger partial charge < -0.3 is 0 Å². The molecule has 0 aromatic heterocycles. The fourth-order valence-corrected chi connectivity index (χ4v) is 5.96. The Labute approximate surface area is 161 Å². The number of hydrogen-bond acceptors (Lipinski definition) is 4. The van der Waals surface area contributed by atoms with Gasteiger partial charge in [-0.3, -0.25) is 10.0 Å². The van der Waals surface area contributed by atoms with Gasteiger partial charge >= 0.3 is 0 Å². The summed E-state index contributed by atoms with van der Waals surface area (Å²) in [6.07, 6.45) is 10.2. The summed E-state index contributed by atoms with van der Waals surface area (Å²) in [6, 6.07) is 8.56. The van der Waals surface area contributed by atoms with Gasteiger partial charge in [-0.15, -0.1) is 0 Å². The molecule has 0 spiro atoms. The number of rotatable bonds is 9. The van der Waals surface area contributed by atoms with E-state index in [0.717, 1.165) is 25.7 Å². The molecule has 0 saturated heterocycles. The largest absolute Gasteiger partial charge is 0.289 e. The summed E-state index contributed by atoms with van der Waals surface area (Å²) in [7, 11) is -3.49. The topological polar surface area (TPSA) is 95.5 Å². The van der Waals surface area contributed by atoms with Crippen molar-refractivity contribution in [1.82, 2.24) is 10.2 Å². The molecule has 0 aliphatic heterocycles. The Hall–Kier alpha value is -1.70. The van der Waals surface area contributed by atoms with Crippen LogP contribution in [0.25, 0.3) is 0 Å². The predicted molar refractivity (Wildman–Crippen MR) is 102 cm³/mol. The summed E-state index contributed by atoms with van der Waals surface area (Å²) in [5.41, 5.74) is 1.63. The van der Waals surface area contributed by atoms with E-state index >= 15 is 0 Å². The second kappa shape index (κ2) is 8.99. The van der Waals surface area contributed by atoms with E-state index in [1.54, 1.807) is 29.7 Å². The van der Waals surface area contributed by atoms with E-state index in [2.05, 4.69) is 16.9 Å². The molecule has 4 atom stereocenters. The Balaban J connectivity index is 1.57. The molecule has 2 fully saturated rings. The number of carbonyl (C=O) groups excluding carboxylic acids is 1. The van der Waals surface area contributed by atoms with Crippen LogP contribution in [-0.4, -0.2) is 25.6 Å². The molecule has 3 N–H and O–H groups in total. The van der Waals surface area contributed by atoms with Gasteiger partial charge in [0.25, 0.3) is 0 Å². The zero-order valence-electron chi connectivity index (χ0n) is 15.4.